The Morgan fingerprint density at radius 1 is 1.28 bits per heavy atom. The van der Waals surface area contributed by atoms with Crippen LogP contribution in [0.5, 0.6) is 0 Å². The van der Waals surface area contributed by atoms with Crippen LogP contribution in [0.2, 0.25) is 0 Å². The van der Waals surface area contributed by atoms with E-state index in [0.29, 0.717) is 23.3 Å². The Balaban J connectivity index is 1.54. The van der Waals surface area contributed by atoms with Crippen LogP contribution in [-0.2, 0) is 24.1 Å². The monoisotopic (exact) mass is 376 g/mol. The van der Waals surface area contributed by atoms with Gasteiger partial charge in [0.05, 0.1) is 5.69 Å². The molecule has 0 aliphatic rings. The molecule has 1 amide bonds. The second kappa shape index (κ2) is 8.35. The molecule has 6 nitrogen and oxygen atoms in total. The van der Waals surface area contributed by atoms with Crippen molar-refractivity contribution in [3.05, 3.63) is 33.3 Å². The maximum atomic E-state index is 12.2. The zero-order valence-corrected chi connectivity index (χ0v) is 15.9. The largest absolute Gasteiger partial charge is 0.339 e. The second-order valence-electron chi connectivity index (χ2n) is 5.56. The van der Waals surface area contributed by atoms with Gasteiger partial charge in [-0.25, -0.2) is 4.98 Å². The van der Waals surface area contributed by atoms with Crippen molar-refractivity contribution in [2.75, 3.05) is 5.32 Å². The van der Waals surface area contributed by atoms with Crippen molar-refractivity contribution in [2.45, 2.75) is 46.0 Å². The van der Waals surface area contributed by atoms with Crippen LogP contribution in [-0.4, -0.2) is 21.0 Å². The average molecular weight is 377 g/mol. The number of hydrogen-bond acceptors (Lipinski definition) is 7. The van der Waals surface area contributed by atoms with Crippen LogP contribution in [0.25, 0.3) is 11.4 Å². The van der Waals surface area contributed by atoms with E-state index in [-0.39, 0.29) is 12.3 Å². The maximum Gasteiger partial charge on any atom is 0.227 e. The van der Waals surface area contributed by atoms with Crippen LogP contribution < -0.4 is 5.32 Å². The highest BCUT2D eigenvalue weighted by molar-refractivity contribution is 7.15. The fourth-order valence-corrected chi connectivity index (χ4v) is 4.01. The van der Waals surface area contributed by atoms with Gasteiger partial charge in [-0.15, -0.1) is 11.3 Å². The molecule has 25 heavy (non-hydrogen) atoms. The Hall–Kier alpha value is -2.06. The fourth-order valence-electron chi connectivity index (χ4n) is 2.41. The van der Waals surface area contributed by atoms with Crippen molar-refractivity contribution >= 4 is 33.7 Å². The number of carbonyl (C=O) groups excluding carboxylic acids is 1. The molecule has 0 atom stereocenters. The minimum Gasteiger partial charge on any atom is -0.339 e. The van der Waals surface area contributed by atoms with Gasteiger partial charge in [-0.3, -0.25) is 4.79 Å². The molecule has 0 aliphatic heterocycles. The standard InChI is InChI=1S/C17H20N4O2S2/c1-3-5-12-13(4-2)25-17(18-12)19-14(22)6-7-15-20-16(21-23-15)11-8-9-24-10-11/h8-10H,3-7H2,1-2H3,(H,18,19,22). The molecule has 8 heteroatoms. The lowest BCUT2D eigenvalue weighted by molar-refractivity contribution is -0.116. The van der Waals surface area contributed by atoms with Gasteiger partial charge in [0.1, 0.15) is 0 Å². The minimum absolute atomic E-state index is 0.0882. The lowest BCUT2D eigenvalue weighted by atomic mass is 10.2. The third kappa shape index (κ3) is 4.52. The highest BCUT2D eigenvalue weighted by atomic mass is 32.1. The van der Waals surface area contributed by atoms with Crippen molar-refractivity contribution < 1.29 is 9.32 Å². The lowest BCUT2D eigenvalue weighted by Gasteiger charge is -1.99. The molecule has 3 rings (SSSR count). The summed E-state index contributed by atoms with van der Waals surface area (Å²) in [5.41, 5.74) is 2.03. The molecular formula is C17H20N4O2S2. The number of thiophene rings is 1. The first-order chi connectivity index (χ1) is 12.2. The SMILES string of the molecule is CCCc1nc(NC(=O)CCc2nc(-c3ccsc3)no2)sc1CC. The summed E-state index contributed by atoms with van der Waals surface area (Å²) in [6.07, 6.45) is 3.64. The number of carbonyl (C=O) groups is 1. The number of hydrogen-bond donors (Lipinski definition) is 1. The van der Waals surface area contributed by atoms with Crippen molar-refractivity contribution in [3.8, 4) is 11.4 Å². The van der Waals surface area contributed by atoms with E-state index in [1.165, 1.54) is 4.88 Å². The van der Waals surface area contributed by atoms with Gasteiger partial charge in [-0.2, -0.15) is 16.3 Å². The summed E-state index contributed by atoms with van der Waals surface area (Å²) in [6, 6.07) is 1.94. The molecule has 132 valence electrons. The molecule has 0 saturated carbocycles. The van der Waals surface area contributed by atoms with Crippen molar-refractivity contribution in [3.63, 3.8) is 0 Å². The van der Waals surface area contributed by atoms with Crippen LogP contribution in [0.15, 0.2) is 21.3 Å². The van der Waals surface area contributed by atoms with Crippen LogP contribution in [0.1, 0.15) is 43.2 Å². The minimum atomic E-state index is -0.0882. The van der Waals surface area contributed by atoms with Gasteiger partial charge >= 0.3 is 0 Å². The first-order valence-corrected chi connectivity index (χ1v) is 10.1. The third-order valence-corrected chi connectivity index (χ3v) is 5.49. The molecule has 1 N–H and O–H groups in total. The maximum absolute atomic E-state index is 12.2. The second-order valence-corrected chi connectivity index (χ2v) is 7.43. The number of nitrogens with zero attached hydrogens (tertiary/aromatic N) is 3. The molecule has 3 aromatic rings. The normalized spacial score (nSPS) is 11.0. The average Bonchev–Trinajstić information content (AvgIpc) is 3.34. The summed E-state index contributed by atoms with van der Waals surface area (Å²) in [5.74, 6) is 0.944. The molecule has 0 bridgehead atoms. The molecule has 0 fully saturated rings. The van der Waals surface area contributed by atoms with Gasteiger partial charge in [0.2, 0.25) is 17.6 Å². The smallest absolute Gasteiger partial charge is 0.227 e. The molecular weight excluding hydrogens is 356 g/mol. The van der Waals surface area contributed by atoms with E-state index in [2.05, 4.69) is 34.3 Å². The zero-order chi connectivity index (χ0) is 17.6. The topological polar surface area (TPSA) is 80.9 Å². The summed E-state index contributed by atoms with van der Waals surface area (Å²) in [6.45, 7) is 4.24. The Morgan fingerprint density at radius 3 is 2.88 bits per heavy atom. The summed E-state index contributed by atoms with van der Waals surface area (Å²) in [4.78, 5) is 22.3. The number of aromatic nitrogens is 3. The van der Waals surface area contributed by atoms with E-state index < -0.39 is 0 Å². The number of rotatable bonds is 8. The van der Waals surface area contributed by atoms with Gasteiger partial charge in [0.15, 0.2) is 5.13 Å². The summed E-state index contributed by atoms with van der Waals surface area (Å²) < 4.78 is 5.21. The molecule has 0 spiro atoms. The summed E-state index contributed by atoms with van der Waals surface area (Å²) >= 11 is 3.14. The Bertz CT molecular complexity index is 824. The highest BCUT2D eigenvalue weighted by Crippen LogP contribution is 2.25. The molecule has 0 aliphatic carbocycles. The number of nitrogens with one attached hydrogen (secondary N) is 1. The third-order valence-electron chi connectivity index (χ3n) is 3.65. The predicted molar refractivity (Wildman–Crippen MR) is 100 cm³/mol. The number of anilines is 1. The van der Waals surface area contributed by atoms with E-state index in [0.717, 1.165) is 30.5 Å². The van der Waals surface area contributed by atoms with E-state index in [9.17, 15) is 4.79 Å². The van der Waals surface area contributed by atoms with Gasteiger partial charge in [0, 0.05) is 28.7 Å². The van der Waals surface area contributed by atoms with Gasteiger partial charge in [-0.05, 0) is 24.3 Å². The van der Waals surface area contributed by atoms with E-state index in [1.54, 1.807) is 22.7 Å². The Kier molecular flexibility index (Phi) is 5.93. The highest BCUT2D eigenvalue weighted by Gasteiger charge is 2.14. The number of aryl methyl sites for hydroxylation is 3. The molecule has 0 unspecified atom stereocenters. The van der Waals surface area contributed by atoms with Gasteiger partial charge < -0.3 is 9.84 Å². The zero-order valence-electron chi connectivity index (χ0n) is 14.2. The van der Waals surface area contributed by atoms with E-state index >= 15 is 0 Å². The number of amides is 1. The quantitative estimate of drug-likeness (QED) is 0.632. The van der Waals surface area contributed by atoms with Gasteiger partial charge in [0.25, 0.3) is 0 Å². The first-order valence-electron chi connectivity index (χ1n) is 8.33. The van der Waals surface area contributed by atoms with E-state index in [4.69, 9.17) is 4.52 Å². The van der Waals surface area contributed by atoms with Crippen molar-refractivity contribution in [1.82, 2.24) is 15.1 Å². The molecule has 0 aromatic carbocycles. The molecule has 0 saturated heterocycles. The van der Waals surface area contributed by atoms with E-state index in [1.807, 2.05) is 16.8 Å². The molecule has 3 aromatic heterocycles. The van der Waals surface area contributed by atoms with Crippen molar-refractivity contribution in [2.24, 2.45) is 0 Å². The van der Waals surface area contributed by atoms with Crippen LogP contribution in [0.4, 0.5) is 5.13 Å². The van der Waals surface area contributed by atoms with Crippen LogP contribution in [0.3, 0.4) is 0 Å². The predicted octanol–water partition coefficient (Wildman–Crippen LogP) is 4.34. The van der Waals surface area contributed by atoms with Gasteiger partial charge in [-0.1, -0.05) is 25.4 Å². The Labute approximate surface area is 154 Å². The molecule has 0 radical (unpaired) electrons. The number of thiazole rings is 1. The summed E-state index contributed by atoms with van der Waals surface area (Å²) in [7, 11) is 0. The van der Waals surface area contributed by atoms with Crippen LogP contribution >= 0.6 is 22.7 Å². The summed E-state index contributed by atoms with van der Waals surface area (Å²) in [5, 5.41) is 11.4. The van der Waals surface area contributed by atoms with Crippen LogP contribution in [0, 0.1) is 0 Å². The van der Waals surface area contributed by atoms with Crippen molar-refractivity contribution in [1.29, 1.82) is 0 Å². The molecule has 3 heterocycles. The fraction of sp³-hybridized carbons (Fsp3) is 0.412. The first kappa shape index (κ1) is 17.8. The lowest BCUT2D eigenvalue weighted by Crippen LogP contribution is -2.12. The Morgan fingerprint density at radius 2 is 2.16 bits per heavy atom.